The van der Waals surface area contributed by atoms with Crippen molar-refractivity contribution in [1.82, 2.24) is 0 Å². The molecular formula is C90H167O25P. The van der Waals surface area contributed by atoms with Crippen molar-refractivity contribution in [1.29, 1.82) is 0 Å². The Hall–Kier alpha value is -2.79. The molecule has 1 saturated carbocycles. The van der Waals surface area contributed by atoms with E-state index in [4.69, 9.17) is 46.9 Å². The Kier molecular flexibility index (Phi) is 63.5. The Morgan fingerprint density at radius 1 is 0.362 bits per heavy atom. The summed E-state index contributed by atoms with van der Waals surface area (Å²) >= 11 is 0. The minimum absolute atomic E-state index is 0.0181. The molecule has 2 aliphatic heterocycles. The van der Waals surface area contributed by atoms with E-state index in [0.717, 1.165) is 141 Å². The number of aliphatic hydroxyl groups is 9. The van der Waals surface area contributed by atoms with E-state index in [1.807, 2.05) is 0 Å². The van der Waals surface area contributed by atoms with Gasteiger partial charge in [-0.3, -0.25) is 28.2 Å². The number of aliphatic hydroxyl groups excluding tert-OH is 9. The molecule has 10 N–H and O–H groups in total. The van der Waals surface area contributed by atoms with E-state index in [2.05, 4.69) is 46.8 Å². The Labute approximate surface area is 699 Å². The number of esters is 4. The monoisotopic (exact) mass is 1680 g/mol. The van der Waals surface area contributed by atoms with Gasteiger partial charge in [-0.1, -0.05) is 336 Å². The number of allylic oxidation sites excluding steroid dienone is 2. The highest BCUT2D eigenvalue weighted by Crippen LogP contribution is 2.49. The summed E-state index contributed by atoms with van der Waals surface area (Å²) in [6, 6.07) is 0. The first-order valence-corrected chi connectivity index (χ1v) is 48.3. The van der Waals surface area contributed by atoms with Gasteiger partial charge in [0.15, 0.2) is 24.8 Å². The van der Waals surface area contributed by atoms with E-state index in [1.54, 1.807) is 0 Å². The van der Waals surface area contributed by atoms with Gasteiger partial charge in [-0.25, -0.2) is 4.57 Å². The summed E-state index contributed by atoms with van der Waals surface area (Å²) in [5.41, 5.74) is 0. The molecule has 3 fully saturated rings. The van der Waals surface area contributed by atoms with E-state index in [0.29, 0.717) is 44.4 Å². The smallest absolute Gasteiger partial charge is 0.463 e. The largest absolute Gasteiger partial charge is 0.472 e. The SMILES string of the molecule is CCCCCC/C=C\CCCCCCCCCC(=O)OC(COC(=O)CCCCCCCCC(C)CCCCCCCC)COP(=O)(O)OC1C(OC2OC(CO)C(O)C(O)C2O)C(O)C(O)C(OC(=O)CCCCCCCCCCCCCCC)C1OC1OC(COC(=O)CCCCCCCCCCCCCCC)C(O)C(O)C1O. The van der Waals surface area contributed by atoms with Crippen molar-refractivity contribution in [2.75, 3.05) is 26.4 Å². The minimum Gasteiger partial charge on any atom is -0.463 e. The second-order valence-corrected chi connectivity index (χ2v) is 35.2. The van der Waals surface area contributed by atoms with Crippen LogP contribution in [0.25, 0.3) is 0 Å². The van der Waals surface area contributed by atoms with Crippen LogP contribution in [-0.4, -0.2) is 205 Å². The van der Waals surface area contributed by atoms with Crippen LogP contribution in [-0.2, 0) is 70.7 Å². The zero-order valence-electron chi connectivity index (χ0n) is 72.7. The highest BCUT2D eigenvalue weighted by Gasteiger charge is 2.60. The molecular weight excluding hydrogens is 1510 g/mol. The third kappa shape index (κ3) is 48.9. The van der Waals surface area contributed by atoms with Crippen LogP contribution in [0.2, 0.25) is 0 Å². The molecule has 2 saturated heterocycles. The predicted octanol–water partition coefficient (Wildman–Crippen LogP) is 17.0. The number of carbonyl (C=O) groups excluding carboxylic acids is 4. The van der Waals surface area contributed by atoms with Crippen molar-refractivity contribution in [2.24, 2.45) is 5.92 Å². The van der Waals surface area contributed by atoms with Crippen LogP contribution >= 0.6 is 7.82 Å². The second kappa shape index (κ2) is 68.6. The van der Waals surface area contributed by atoms with E-state index < -0.39 is 162 Å². The van der Waals surface area contributed by atoms with Crippen molar-refractivity contribution in [2.45, 2.75) is 505 Å². The molecule has 19 atom stereocenters. The van der Waals surface area contributed by atoms with E-state index in [1.165, 1.54) is 161 Å². The average molecular weight is 1680 g/mol. The molecule has 26 heteroatoms. The van der Waals surface area contributed by atoms with Gasteiger partial charge in [0, 0.05) is 25.7 Å². The highest BCUT2D eigenvalue weighted by molar-refractivity contribution is 7.47. The van der Waals surface area contributed by atoms with Crippen LogP contribution in [0.4, 0.5) is 0 Å². The van der Waals surface area contributed by atoms with Gasteiger partial charge in [0.1, 0.15) is 92.6 Å². The lowest BCUT2D eigenvalue weighted by Gasteiger charge is -2.50. The van der Waals surface area contributed by atoms with Crippen molar-refractivity contribution in [3.05, 3.63) is 12.2 Å². The first-order valence-electron chi connectivity index (χ1n) is 46.8. The van der Waals surface area contributed by atoms with Crippen molar-refractivity contribution < 1.29 is 122 Å². The fourth-order valence-corrected chi connectivity index (χ4v) is 16.6. The molecule has 0 radical (unpaired) electrons. The van der Waals surface area contributed by atoms with Crippen LogP contribution in [0, 0.1) is 5.92 Å². The summed E-state index contributed by atoms with van der Waals surface area (Å²) in [7, 11) is -5.81. The van der Waals surface area contributed by atoms with Crippen LogP contribution in [0.15, 0.2) is 12.2 Å². The van der Waals surface area contributed by atoms with Gasteiger partial charge in [-0.05, 0) is 57.3 Å². The third-order valence-corrected chi connectivity index (χ3v) is 24.2. The minimum atomic E-state index is -5.81. The summed E-state index contributed by atoms with van der Waals surface area (Å²) in [5.74, 6) is -2.27. The molecule has 25 nitrogen and oxygen atoms in total. The lowest BCUT2D eigenvalue weighted by atomic mass is 9.84. The number of hydrogen-bond donors (Lipinski definition) is 10. The molecule has 0 amide bonds. The fraction of sp³-hybridized carbons (Fsp3) is 0.933. The van der Waals surface area contributed by atoms with Gasteiger partial charge in [-0.15, -0.1) is 0 Å². The summed E-state index contributed by atoms with van der Waals surface area (Å²) in [4.78, 5) is 66.5. The van der Waals surface area contributed by atoms with Gasteiger partial charge in [-0.2, -0.15) is 0 Å². The number of unbranched alkanes of at least 4 members (excludes halogenated alkanes) is 45. The first-order chi connectivity index (χ1) is 56.1. The molecule has 682 valence electrons. The summed E-state index contributed by atoms with van der Waals surface area (Å²) in [5, 5.41) is 102. The van der Waals surface area contributed by atoms with Crippen molar-refractivity contribution in [3.63, 3.8) is 0 Å². The second-order valence-electron chi connectivity index (χ2n) is 33.8. The third-order valence-electron chi connectivity index (χ3n) is 23.2. The molecule has 0 aromatic rings. The lowest BCUT2D eigenvalue weighted by Crippen LogP contribution is -2.70. The number of carbonyl (C=O) groups is 4. The average Bonchev–Trinajstić information content (AvgIpc) is 0.754. The van der Waals surface area contributed by atoms with Gasteiger partial charge >= 0.3 is 31.7 Å². The zero-order valence-corrected chi connectivity index (χ0v) is 73.6. The van der Waals surface area contributed by atoms with Gasteiger partial charge in [0.25, 0.3) is 0 Å². The molecule has 3 aliphatic rings. The van der Waals surface area contributed by atoms with Crippen molar-refractivity contribution >= 4 is 31.7 Å². The molecule has 0 aromatic carbocycles. The number of phosphoric ester groups is 1. The maximum Gasteiger partial charge on any atom is 0.472 e. The topological polar surface area (TPSA) is 380 Å². The van der Waals surface area contributed by atoms with Crippen LogP contribution < -0.4 is 0 Å². The Balaban J connectivity index is 1.92. The molecule has 0 spiro atoms. The van der Waals surface area contributed by atoms with E-state index in [-0.39, 0.29) is 25.7 Å². The normalized spacial score (nSPS) is 25.4. The molecule has 0 bridgehead atoms. The molecule has 19 unspecified atom stereocenters. The van der Waals surface area contributed by atoms with Gasteiger partial charge in [0.05, 0.1) is 13.2 Å². The van der Waals surface area contributed by atoms with Crippen LogP contribution in [0.5, 0.6) is 0 Å². The highest BCUT2D eigenvalue weighted by atomic mass is 31.2. The maximum absolute atomic E-state index is 14.9. The Morgan fingerprint density at radius 3 is 1.12 bits per heavy atom. The van der Waals surface area contributed by atoms with E-state index >= 15 is 0 Å². The van der Waals surface area contributed by atoms with Crippen molar-refractivity contribution in [3.8, 4) is 0 Å². The van der Waals surface area contributed by atoms with Crippen LogP contribution in [0.3, 0.4) is 0 Å². The molecule has 116 heavy (non-hydrogen) atoms. The zero-order chi connectivity index (χ0) is 84.8. The molecule has 2 heterocycles. The number of hydrogen-bond acceptors (Lipinski definition) is 24. The fourth-order valence-electron chi connectivity index (χ4n) is 15.6. The standard InChI is InChI=1S/C90H167O25P/c1-6-10-14-18-22-25-28-31-32-35-38-40-43-51-57-63-75(94)109-70(66-106-73(92)61-55-50-46-45-48-54-60-69(5)59-53-47-21-17-13-9-4)67-108-116(104,105)115-88-86(113-89-83(102)79(98)77(96)71(65-91)110-89)82(101)81(100)85(112-76(95)64-58-52-44-41-37-34-30-27-24-20-16-12-8-3)87(88)114-90-84(103)80(99)78(97)72(111-90)68-107-74(93)62-56-49-42-39-36-33-29-26-23-19-15-11-7-2/h25,28,69-72,77-91,96-103H,6-24,26-27,29-68H2,1-5H3,(H,104,105)/b28-25-. The van der Waals surface area contributed by atoms with E-state index in [9.17, 15) is 74.6 Å². The van der Waals surface area contributed by atoms with Crippen LogP contribution in [0.1, 0.15) is 401 Å². The number of rotatable bonds is 75. The summed E-state index contributed by atoms with van der Waals surface area (Å²) in [6.07, 6.45) is 25.0. The molecule has 0 aromatic heterocycles. The Morgan fingerprint density at radius 2 is 0.698 bits per heavy atom. The number of ether oxygens (including phenoxy) is 8. The summed E-state index contributed by atoms with van der Waals surface area (Å²) in [6.45, 7) is 7.91. The van der Waals surface area contributed by atoms with Gasteiger partial charge < -0.3 is 88.7 Å². The van der Waals surface area contributed by atoms with Gasteiger partial charge in [0.2, 0.25) is 0 Å². The quantitative estimate of drug-likeness (QED) is 0.00889. The lowest BCUT2D eigenvalue weighted by molar-refractivity contribution is -0.360. The molecule has 1 aliphatic carbocycles. The molecule has 3 rings (SSSR count). The maximum atomic E-state index is 14.9. The first kappa shape index (κ1) is 107. The predicted molar refractivity (Wildman–Crippen MR) is 449 cm³/mol. The Bertz CT molecular complexity index is 2480. The summed E-state index contributed by atoms with van der Waals surface area (Å²) < 4.78 is 73.4. The number of phosphoric acid groups is 1.